The third-order valence-corrected chi connectivity index (χ3v) is 5.94. The number of hydrogen-bond donors (Lipinski definition) is 1. The molecule has 0 fully saturated rings. The smallest absolute Gasteiger partial charge is 0.252 e. The van der Waals surface area contributed by atoms with E-state index in [1.807, 2.05) is 60.7 Å². The first-order valence-corrected chi connectivity index (χ1v) is 11.4. The average Bonchev–Trinajstić information content (AvgIpc) is 3.57. The van der Waals surface area contributed by atoms with E-state index in [1.54, 1.807) is 25.2 Å². The lowest BCUT2D eigenvalue weighted by atomic mass is 10.1. The summed E-state index contributed by atoms with van der Waals surface area (Å²) < 4.78 is 17.9. The van der Waals surface area contributed by atoms with E-state index in [1.165, 1.54) is 0 Å². The normalized spacial score (nSPS) is 11.3. The number of tetrazole rings is 1. The Hall–Kier alpha value is -4.44. The molecule has 1 N–H and O–H groups in total. The maximum atomic E-state index is 12.9. The van der Waals surface area contributed by atoms with Crippen molar-refractivity contribution < 1.29 is 13.9 Å². The van der Waals surface area contributed by atoms with Gasteiger partial charge in [0.2, 0.25) is 0 Å². The lowest BCUT2D eigenvalue weighted by molar-refractivity contribution is 0.217. The van der Waals surface area contributed by atoms with E-state index >= 15 is 0 Å². The molecule has 3 heterocycles. The lowest BCUT2D eigenvalue weighted by Gasteiger charge is -2.20. The standard InChI is InChI=1S/C26H26N6O4/c1-34-21-7-5-18(6-8-21)14-32-25(28-29-30-32)17-31(16-23-4-3-11-36-23)15-20-12-19-13-22(35-2)9-10-24(19)27-26(20)33/h3-13H,14-17H2,1-2H3,(H,27,33). The number of aromatic amines is 1. The van der Waals surface area contributed by atoms with Crippen LogP contribution in [0.1, 0.15) is 22.7 Å². The second-order valence-corrected chi connectivity index (χ2v) is 8.40. The third kappa shape index (κ3) is 5.28. The van der Waals surface area contributed by atoms with Gasteiger partial charge in [-0.2, -0.15) is 0 Å². The summed E-state index contributed by atoms with van der Waals surface area (Å²) >= 11 is 0. The fourth-order valence-electron chi connectivity index (χ4n) is 4.07. The van der Waals surface area contributed by atoms with Crippen LogP contribution in [0.2, 0.25) is 0 Å². The van der Waals surface area contributed by atoms with Gasteiger partial charge >= 0.3 is 0 Å². The van der Waals surface area contributed by atoms with Crippen LogP contribution in [0.25, 0.3) is 10.9 Å². The fourth-order valence-corrected chi connectivity index (χ4v) is 4.07. The number of fused-ring (bicyclic) bond motifs is 1. The zero-order valence-corrected chi connectivity index (χ0v) is 20.0. The lowest BCUT2D eigenvalue weighted by Crippen LogP contribution is -2.28. The van der Waals surface area contributed by atoms with Crippen molar-refractivity contribution in [3.63, 3.8) is 0 Å². The van der Waals surface area contributed by atoms with Crippen molar-refractivity contribution in [2.75, 3.05) is 14.2 Å². The number of hydrogen-bond acceptors (Lipinski definition) is 8. The number of aromatic nitrogens is 5. The molecule has 36 heavy (non-hydrogen) atoms. The van der Waals surface area contributed by atoms with Crippen molar-refractivity contribution in [2.45, 2.75) is 26.2 Å². The van der Waals surface area contributed by atoms with E-state index in [9.17, 15) is 4.79 Å². The highest BCUT2D eigenvalue weighted by atomic mass is 16.5. The van der Waals surface area contributed by atoms with Gasteiger partial charge in [0, 0.05) is 23.0 Å². The number of nitrogens with zero attached hydrogens (tertiary/aromatic N) is 5. The summed E-state index contributed by atoms with van der Waals surface area (Å²) in [5.74, 6) is 2.98. The average molecular weight is 487 g/mol. The molecule has 5 aromatic rings. The highest BCUT2D eigenvalue weighted by Gasteiger charge is 2.17. The summed E-state index contributed by atoms with van der Waals surface area (Å²) in [6.45, 7) is 1.78. The first kappa shape index (κ1) is 23.3. The van der Waals surface area contributed by atoms with Crippen molar-refractivity contribution in [1.29, 1.82) is 0 Å². The summed E-state index contributed by atoms with van der Waals surface area (Å²) in [6.07, 6.45) is 1.64. The van der Waals surface area contributed by atoms with Gasteiger partial charge in [-0.05, 0) is 64.5 Å². The second kappa shape index (κ2) is 10.4. The first-order chi connectivity index (χ1) is 17.6. The molecule has 5 rings (SSSR count). The largest absolute Gasteiger partial charge is 0.497 e. The Morgan fingerprint density at radius 3 is 2.53 bits per heavy atom. The van der Waals surface area contributed by atoms with E-state index < -0.39 is 0 Å². The summed E-state index contributed by atoms with van der Waals surface area (Å²) in [5.41, 5.74) is 2.28. The number of pyridine rings is 1. The fraction of sp³-hybridized carbons (Fsp3) is 0.231. The van der Waals surface area contributed by atoms with Crippen molar-refractivity contribution in [2.24, 2.45) is 0 Å². The van der Waals surface area contributed by atoms with Gasteiger partial charge in [0.1, 0.15) is 17.3 Å². The Balaban J connectivity index is 1.41. The van der Waals surface area contributed by atoms with E-state index in [0.717, 1.165) is 33.7 Å². The minimum absolute atomic E-state index is 0.144. The monoisotopic (exact) mass is 486 g/mol. The predicted molar refractivity (Wildman–Crippen MR) is 133 cm³/mol. The molecule has 0 radical (unpaired) electrons. The molecule has 0 bridgehead atoms. The molecule has 0 amide bonds. The summed E-state index contributed by atoms with van der Waals surface area (Å²) in [6, 6.07) is 19.0. The molecule has 3 aromatic heterocycles. The zero-order chi connectivity index (χ0) is 24.9. The second-order valence-electron chi connectivity index (χ2n) is 8.40. The van der Waals surface area contributed by atoms with Crippen LogP contribution in [-0.2, 0) is 26.2 Å². The SMILES string of the molecule is COc1ccc(Cn2nnnc2CN(Cc2ccco2)Cc2cc3cc(OC)ccc3[nH]c2=O)cc1. The molecule has 10 nitrogen and oxygen atoms in total. The minimum atomic E-state index is -0.144. The number of furan rings is 1. The Kier molecular flexibility index (Phi) is 6.76. The van der Waals surface area contributed by atoms with E-state index in [0.29, 0.717) is 37.6 Å². The van der Waals surface area contributed by atoms with Crippen molar-refractivity contribution in [1.82, 2.24) is 30.1 Å². The summed E-state index contributed by atoms with van der Waals surface area (Å²) in [7, 11) is 3.26. The Morgan fingerprint density at radius 2 is 1.78 bits per heavy atom. The van der Waals surface area contributed by atoms with Crippen LogP contribution in [0.3, 0.4) is 0 Å². The van der Waals surface area contributed by atoms with Gasteiger partial charge in [0.15, 0.2) is 5.82 Å². The molecule has 184 valence electrons. The topological polar surface area (TPSA) is 111 Å². The highest BCUT2D eigenvalue weighted by Crippen LogP contribution is 2.20. The van der Waals surface area contributed by atoms with Gasteiger partial charge in [-0.3, -0.25) is 9.69 Å². The number of nitrogens with one attached hydrogen (secondary N) is 1. The molecule has 0 spiro atoms. The van der Waals surface area contributed by atoms with Gasteiger partial charge in [-0.1, -0.05) is 12.1 Å². The maximum absolute atomic E-state index is 12.9. The highest BCUT2D eigenvalue weighted by molar-refractivity contribution is 5.80. The van der Waals surface area contributed by atoms with Crippen LogP contribution >= 0.6 is 0 Å². The zero-order valence-electron chi connectivity index (χ0n) is 20.0. The molecular weight excluding hydrogens is 460 g/mol. The van der Waals surface area contributed by atoms with Gasteiger partial charge in [-0.25, -0.2) is 4.68 Å². The van der Waals surface area contributed by atoms with E-state index in [4.69, 9.17) is 13.9 Å². The van der Waals surface area contributed by atoms with Gasteiger partial charge in [-0.15, -0.1) is 5.10 Å². The van der Waals surface area contributed by atoms with Crippen LogP contribution in [0, 0.1) is 0 Å². The Labute approximate surface area is 207 Å². The Morgan fingerprint density at radius 1 is 0.972 bits per heavy atom. The molecule has 0 saturated carbocycles. The predicted octanol–water partition coefficient (Wildman–Crippen LogP) is 3.38. The van der Waals surface area contributed by atoms with Crippen LogP contribution < -0.4 is 15.0 Å². The Bertz CT molecular complexity index is 1490. The van der Waals surface area contributed by atoms with Crippen molar-refractivity contribution >= 4 is 10.9 Å². The molecule has 2 aromatic carbocycles. The van der Waals surface area contributed by atoms with E-state index in [-0.39, 0.29) is 5.56 Å². The molecule has 0 atom stereocenters. The quantitative estimate of drug-likeness (QED) is 0.320. The number of ether oxygens (including phenoxy) is 2. The molecule has 0 saturated heterocycles. The minimum Gasteiger partial charge on any atom is -0.497 e. The molecular formula is C26H26N6O4. The van der Waals surface area contributed by atoms with Crippen LogP contribution in [0.15, 0.2) is 76.1 Å². The third-order valence-electron chi connectivity index (χ3n) is 5.94. The van der Waals surface area contributed by atoms with Crippen LogP contribution in [0.5, 0.6) is 11.5 Å². The molecule has 10 heteroatoms. The number of rotatable bonds is 10. The van der Waals surface area contributed by atoms with Crippen LogP contribution in [-0.4, -0.2) is 44.3 Å². The number of H-pyrrole nitrogens is 1. The van der Waals surface area contributed by atoms with Crippen molar-refractivity contribution in [3.8, 4) is 11.5 Å². The van der Waals surface area contributed by atoms with Crippen LogP contribution in [0.4, 0.5) is 0 Å². The van der Waals surface area contributed by atoms with Crippen molar-refractivity contribution in [3.05, 3.63) is 100.0 Å². The summed E-state index contributed by atoms with van der Waals surface area (Å²) in [5, 5.41) is 13.2. The molecule has 0 aliphatic carbocycles. The van der Waals surface area contributed by atoms with Gasteiger partial charge in [0.25, 0.3) is 5.56 Å². The van der Waals surface area contributed by atoms with E-state index in [2.05, 4.69) is 25.4 Å². The van der Waals surface area contributed by atoms with Gasteiger partial charge < -0.3 is 18.9 Å². The molecule has 0 aliphatic heterocycles. The molecule has 0 unspecified atom stereocenters. The first-order valence-electron chi connectivity index (χ1n) is 11.4. The van der Waals surface area contributed by atoms with Gasteiger partial charge in [0.05, 0.1) is 40.1 Å². The maximum Gasteiger partial charge on any atom is 0.252 e. The number of methoxy groups -OCH3 is 2. The number of benzene rings is 2. The molecule has 0 aliphatic rings. The summed E-state index contributed by atoms with van der Waals surface area (Å²) in [4.78, 5) is 17.9.